The van der Waals surface area contributed by atoms with Crippen LogP contribution in [-0.2, 0) is 10.3 Å². The van der Waals surface area contributed by atoms with Crippen LogP contribution in [0.25, 0.3) is 0 Å². The fourth-order valence-corrected chi connectivity index (χ4v) is 1.58. The van der Waals surface area contributed by atoms with Gasteiger partial charge in [0.25, 0.3) is 0 Å². The molecule has 1 unspecified atom stereocenters. The largest absolute Gasteiger partial charge is 0.390 e. The van der Waals surface area contributed by atoms with E-state index in [-0.39, 0.29) is 6.42 Å². The van der Waals surface area contributed by atoms with Crippen molar-refractivity contribution >= 4 is 15.7 Å². The Bertz CT molecular complexity index is 251. The second kappa shape index (κ2) is 2.95. The zero-order valence-electron chi connectivity index (χ0n) is 6.45. The van der Waals surface area contributed by atoms with Gasteiger partial charge in [0.15, 0.2) is 0 Å². The number of aliphatic hydroxyl groups is 1. The molecule has 64 valence electrons. The summed E-state index contributed by atoms with van der Waals surface area (Å²) < 4.78 is 20.2. The van der Waals surface area contributed by atoms with E-state index in [4.69, 9.17) is 0 Å². The highest BCUT2D eigenvalue weighted by molar-refractivity contribution is 7.71. The van der Waals surface area contributed by atoms with Crippen molar-refractivity contribution in [3.05, 3.63) is 0 Å². The number of hydrogen-bond acceptors (Lipinski definition) is 3. The van der Waals surface area contributed by atoms with Crippen molar-refractivity contribution < 1.29 is 13.5 Å². The molecule has 0 heterocycles. The van der Waals surface area contributed by atoms with Crippen LogP contribution in [0, 0.1) is 5.92 Å². The molecule has 0 aromatic rings. The normalized spacial score (nSPS) is 22.4. The lowest BCUT2D eigenvalue weighted by Crippen LogP contribution is -2.27. The zero-order valence-corrected chi connectivity index (χ0v) is 7.26. The molecule has 1 aliphatic rings. The maximum Gasteiger partial charge on any atom is 0.210 e. The lowest BCUT2D eigenvalue weighted by molar-refractivity contribution is 0.0458. The van der Waals surface area contributed by atoms with Crippen LogP contribution in [0.1, 0.15) is 26.2 Å². The van der Waals surface area contributed by atoms with E-state index in [0.29, 0.717) is 5.92 Å². The fourth-order valence-electron chi connectivity index (χ4n) is 1.11. The van der Waals surface area contributed by atoms with Crippen molar-refractivity contribution in [2.75, 3.05) is 0 Å². The minimum atomic E-state index is -2.14. The molecule has 0 aromatic carbocycles. The van der Waals surface area contributed by atoms with Gasteiger partial charge in [-0.15, -0.1) is 0 Å². The molecule has 0 aromatic heterocycles. The van der Waals surface area contributed by atoms with Gasteiger partial charge in [-0.1, -0.05) is 0 Å². The second-order valence-electron chi connectivity index (χ2n) is 3.26. The summed E-state index contributed by atoms with van der Waals surface area (Å²) in [4.78, 5) is 0. The summed E-state index contributed by atoms with van der Waals surface area (Å²) in [6.45, 7) is 1.69. The first kappa shape index (κ1) is 8.74. The average molecular weight is 176 g/mol. The summed E-state index contributed by atoms with van der Waals surface area (Å²) in [7, 11) is -2.14. The Hall–Kier alpha value is -0.350. The van der Waals surface area contributed by atoms with E-state index < -0.39 is 15.9 Å². The predicted octanol–water partition coefficient (Wildman–Crippen LogP) is 0.219. The predicted molar refractivity (Wildman–Crippen MR) is 42.9 cm³/mol. The van der Waals surface area contributed by atoms with Gasteiger partial charge in [-0.25, -0.2) is 0 Å². The highest BCUT2D eigenvalue weighted by atomic mass is 32.2. The molecule has 11 heavy (non-hydrogen) atoms. The monoisotopic (exact) mass is 176 g/mol. The number of hydrogen-bond donors (Lipinski definition) is 1. The van der Waals surface area contributed by atoms with Crippen molar-refractivity contribution in [2.24, 2.45) is 5.92 Å². The molecule has 1 saturated carbocycles. The van der Waals surface area contributed by atoms with Crippen LogP contribution in [0.15, 0.2) is 0 Å². The summed E-state index contributed by atoms with van der Waals surface area (Å²) >= 11 is 0. The van der Waals surface area contributed by atoms with Crippen LogP contribution in [0.4, 0.5) is 0 Å². The van der Waals surface area contributed by atoms with Crippen molar-refractivity contribution in [1.29, 1.82) is 0 Å². The molecule has 0 bridgehead atoms. The highest BCUT2D eigenvalue weighted by Crippen LogP contribution is 2.40. The van der Waals surface area contributed by atoms with Gasteiger partial charge < -0.3 is 5.11 Å². The van der Waals surface area contributed by atoms with Gasteiger partial charge in [-0.3, -0.25) is 0 Å². The minimum absolute atomic E-state index is 0.244. The summed E-state index contributed by atoms with van der Waals surface area (Å²) in [6.07, 6.45) is 2.28. The maximum absolute atomic E-state index is 10.1. The van der Waals surface area contributed by atoms with E-state index in [1.165, 1.54) is 0 Å². The fraction of sp³-hybridized carbons (Fsp3) is 0.857. The first-order chi connectivity index (χ1) is 5.02. The number of rotatable bonds is 3. The first-order valence-electron chi connectivity index (χ1n) is 3.66. The third-order valence-corrected chi connectivity index (χ3v) is 2.53. The first-order valence-corrected chi connectivity index (χ1v) is 4.80. The summed E-state index contributed by atoms with van der Waals surface area (Å²) in [5, 5.41) is 10.7. The third-order valence-electron chi connectivity index (χ3n) is 2.09. The molecule has 1 aliphatic carbocycles. The molecule has 1 atom stereocenters. The Morgan fingerprint density at radius 2 is 2.18 bits per heavy atom. The van der Waals surface area contributed by atoms with Crippen LogP contribution in [0.5, 0.6) is 0 Å². The lowest BCUT2D eigenvalue weighted by Gasteiger charge is -2.19. The van der Waals surface area contributed by atoms with E-state index in [2.05, 4.69) is 0 Å². The average Bonchev–Trinajstić information content (AvgIpc) is 2.64. The Kier molecular flexibility index (Phi) is 2.34. The standard InChI is InChI=1S/C7H12O3S/c1-7(8,6-2-3-6)4-5-11(9)10/h5-6,8H,2-4H2,1H3. The molecule has 0 spiro atoms. The Balaban J connectivity index is 2.52. The van der Waals surface area contributed by atoms with Gasteiger partial charge in [0.1, 0.15) is 0 Å². The van der Waals surface area contributed by atoms with E-state index in [1.807, 2.05) is 0 Å². The quantitative estimate of drug-likeness (QED) is 0.626. The van der Waals surface area contributed by atoms with Gasteiger partial charge in [0.2, 0.25) is 10.3 Å². The molecule has 1 N–H and O–H groups in total. The van der Waals surface area contributed by atoms with Gasteiger partial charge in [0, 0.05) is 11.8 Å². The van der Waals surface area contributed by atoms with Gasteiger partial charge in [0.05, 0.1) is 5.60 Å². The van der Waals surface area contributed by atoms with E-state index >= 15 is 0 Å². The highest BCUT2D eigenvalue weighted by Gasteiger charge is 2.38. The molecule has 0 aliphatic heterocycles. The van der Waals surface area contributed by atoms with Crippen molar-refractivity contribution in [3.8, 4) is 0 Å². The summed E-state index contributed by atoms with van der Waals surface area (Å²) in [6, 6.07) is 0. The summed E-state index contributed by atoms with van der Waals surface area (Å²) in [5.41, 5.74) is -0.805. The van der Waals surface area contributed by atoms with Crippen molar-refractivity contribution in [2.45, 2.75) is 31.8 Å². The van der Waals surface area contributed by atoms with Crippen LogP contribution >= 0.6 is 0 Å². The maximum atomic E-state index is 10.1. The minimum Gasteiger partial charge on any atom is -0.390 e. The van der Waals surface area contributed by atoms with Crippen molar-refractivity contribution in [3.63, 3.8) is 0 Å². The van der Waals surface area contributed by atoms with Gasteiger partial charge >= 0.3 is 0 Å². The van der Waals surface area contributed by atoms with E-state index in [9.17, 15) is 13.5 Å². The molecule has 3 nitrogen and oxygen atoms in total. The van der Waals surface area contributed by atoms with E-state index in [1.54, 1.807) is 6.92 Å². The van der Waals surface area contributed by atoms with Crippen LogP contribution in [0.2, 0.25) is 0 Å². The molecule has 0 saturated heterocycles. The van der Waals surface area contributed by atoms with Crippen LogP contribution < -0.4 is 0 Å². The van der Waals surface area contributed by atoms with E-state index in [0.717, 1.165) is 18.2 Å². The Morgan fingerprint density at radius 1 is 1.64 bits per heavy atom. The molecule has 4 heteroatoms. The molecule has 1 rings (SSSR count). The lowest BCUT2D eigenvalue weighted by atomic mass is 9.98. The topological polar surface area (TPSA) is 54.4 Å². The van der Waals surface area contributed by atoms with Crippen LogP contribution in [0.3, 0.4) is 0 Å². The molecule has 1 fully saturated rings. The van der Waals surface area contributed by atoms with Gasteiger partial charge in [-0.2, -0.15) is 8.42 Å². The second-order valence-corrected chi connectivity index (χ2v) is 4.12. The SMILES string of the molecule is CC(O)(CC=S(=O)=O)C1CC1. The third kappa shape index (κ3) is 2.63. The smallest absolute Gasteiger partial charge is 0.210 e. The Morgan fingerprint density at radius 3 is 2.55 bits per heavy atom. The molecule has 0 amide bonds. The molecular formula is C7H12O3S. The Labute approximate surface area is 67.6 Å². The van der Waals surface area contributed by atoms with Crippen molar-refractivity contribution in [1.82, 2.24) is 0 Å². The van der Waals surface area contributed by atoms with Crippen LogP contribution in [-0.4, -0.2) is 24.5 Å². The molecular weight excluding hydrogens is 164 g/mol. The van der Waals surface area contributed by atoms with Gasteiger partial charge in [-0.05, 0) is 25.7 Å². The zero-order chi connectivity index (χ0) is 8.48. The molecule has 0 radical (unpaired) electrons. The summed E-state index contributed by atoms with van der Waals surface area (Å²) in [5.74, 6) is 0.308.